The molecule has 1 aromatic carbocycles. The molecular weight excluding hydrogens is 198 g/mol. The van der Waals surface area contributed by atoms with Crippen molar-refractivity contribution in [3.05, 3.63) is 29.3 Å². The van der Waals surface area contributed by atoms with Crippen molar-refractivity contribution in [2.45, 2.75) is 17.7 Å². The van der Waals surface area contributed by atoms with Crippen LogP contribution in [-0.4, -0.2) is 20.7 Å². The lowest BCUT2D eigenvalue weighted by Crippen LogP contribution is -2.14. The minimum Gasteiger partial charge on any atom is -0.330 e. The summed E-state index contributed by atoms with van der Waals surface area (Å²) in [7, 11) is -3.06. The molecule has 2 rings (SSSR count). The van der Waals surface area contributed by atoms with E-state index >= 15 is 0 Å². The van der Waals surface area contributed by atoms with Crippen LogP contribution in [0.1, 0.15) is 17.0 Å². The SMILES string of the molecule is Cc1ccc2c(c1)C(CN)CS2(=O)=O. The second-order valence-electron chi connectivity index (χ2n) is 3.76. The molecule has 0 amide bonds. The first kappa shape index (κ1) is 9.68. The van der Waals surface area contributed by atoms with Gasteiger partial charge in [0.15, 0.2) is 9.84 Å². The van der Waals surface area contributed by atoms with Crippen LogP contribution in [0.3, 0.4) is 0 Å². The summed E-state index contributed by atoms with van der Waals surface area (Å²) in [5, 5.41) is 0. The van der Waals surface area contributed by atoms with E-state index in [1.54, 1.807) is 6.07 Å². The second-order valence-corrected chi connectivity index (χ2v) is 5.76. The van der Waals surface area contributed by atoms with Crippen LogP contribution < -0.4 is 5.73 Å². The molecule has 0 saturated carbocycles. The summed E-state index contributed by atoms with van der Waals surface area (Å²) in [4.78, 5) is 0.471. The Bertz CT molecular complexity index is 465. The van der Waals surface area contributed by atoms with Gasteiger partial charge in [0.1, 0.15) is 0 Å². The van der Waals surface area contributed by atoms with Gasteiger partial charge < -0.3 is 5.73 Å². The summed E-state index contributed by atoms with van der Waals surface area (Å²) >= 11 is 0. The van der Waals surface area contributed by atoms with E-state index in [0.29, 0.717) is 11.4 Å². The lowest BCUT2D eigenvalue weighted by atomic mass is 10.00. The van der Waals surface area contributed by atoms with E-state index < -0.39 is 9.84 Å². The third-order valence-electron chi connectivity index (χ3n) is 2.65. The van der Waals surface area contributed by atoms with Gasteiger partial charge in [-0.25, -0.2) is 8.42 Å². The van der Waals surface area contributed by atoms with Gasteiger partial charge in [0.05, 0.1) is 10.6 Å². The zero-order valence-corrected chi connectivity index (χ0v) is 8.84. The summed E-state index contributed by atoms with van der Waals surface area (Å²) in [6, 6.07) is 5.45. The van der Waals surface area contributed by atoms with Crippen LogP contribution in [0, 0.1) is 6.92 Å². The molecule has 0 bridgehead atoms. The Morgan fingerprint density at radius 2 is 2.21 bits per heavy atom. The third kappa shape index (κ3) is 1.35. The maximum absolute atomic E-state index is 11.7. The van der Waals surface area contributed by atoms with Crippen molar-refractivity contribution in [2.75, 3.05) is 12.3 Å². The van der Waals surface area contributed by atoms with Gasteiger partial charge in [-0.15, -0.1) is 0 Å². The molecule has 0 spiro atoms. The van der Waals surface area contributed by atoms with Crippen LogP contribution in [0.5, 0.6) is 0 Å². The van der Waals surface area contributed by atoms with Crippen molar-refractivity contribution in [3.8, 4) is 0 Å². The average molecular weight is 211 g/mol. The van der Waals surface area contributed by atoms with Crippen molar-refractivity contribution >= 4 is 9.84 Å². The molecule has 0 saturated heterocycles. The van der Waals surface area contributed by atoms with Crippen LogP contribution in [0.15, 0.2) is 23.1 Å². The van der Waals surface area contributed by atoms with Gasteiger partial charge in [0.25, 0.3) is 0 Å². The van der Waals surface area contributed by atoms with Crippen LogP contribution >= 0.6 is 0 Å². The normalized spacial score (nSPS) is 23.4. The number of hydrogen-bond acceptors (Lipinski definition) is 3. The highest BCUT2D eigenvalue weighted by Crippen LogP contribution is 2.34. The van der Waals surface area contributed by atoms with Crippen LogP contribution in [-0.2, 0) is 9.84 Å². The van der Waals surface area contributed by atoms with Gasteiger partial charge in [-0.1, -0.05) is 17.7 Å². The van der Waals surface area contributed by atoms with Crippen LogP contribution in [0.25, 0.3) is 0 Å². The van der Waals surface area contributed by atoms with Crippen molar-refractivity contribution in [2.24, 2.45) is 5.73 Å². The largest absolute Gasteiger partial charge is 0.330 e. The second kappa shape index (κ2) is 3.07. The molecule has 4 heteroatoms. The smallest absolute Gasteiger partial charge is 0.179 e. The summed E-state index contributed by atoms with van der Waals surface area (Å²) < 4.78 is 23.4. The zero-order valence-electron chi connectivity index (χ0n) is 8.03. The molecule has 14 heavy (non-hydrogen) atoms. The van der Waals surface area contributed by atoms with Gasteiger partial charge in [-0.05, 0) is 18.6 Å². The molecule has 2 N–H and O–H groups in total. The Labute approximate surface area is 83.9 Å². The zero-order chi connectivity index (χ0) is 10.3. The molecule has 3 nitrogen and oxygen atoms in total. The van der Waals surface area contributed by atoms with E-state index in [-0.39, 0.29) is 11.7 Å². The number of nitrogens with two attached hydrogens (primary N) is 1. The molecule has 1 aromatic rings. The summed E-state index contributed by atoms with van der Waals surface area (Å²) in [6.07, 6.45) is 0. The first-order valence-corrected chi connectivity index (χ1v) is 6.23. The molecule has 1 aliphatic rings. The predicted molar refractivity (Wildman–Crippen MR) is 55.0 cm³/mol. The van der Waals surface area contributed by atoms with Gasteiger partial charge >= 0.3 is 0 Å². The Balaban J connectivity index is 2.65. The summed E-state index contributed by atoms with van der Waals surface area (Å²) in [6.45, 7) is 2.36. The van der Waals surface area contributed by atoms with Crippen molar-refractivity contribution in [1.82, 2.24) is 0 Å². The Hall–Kier alpha value is -0.870. The van der Waals surface area contributed by atoms with Crippen molar-refractivity contribution in [1.29, 1.82) is 0 Å². The number of benzene rings is 1. The molecule has 0 fully saturated rings. The topological polar surface area (TPSA) is 60.2 Å². The Morgan fingerprint density at radius 3 is 2.86 bits per heavy atom. The highest BCUT2D eigenvalue weighted by Gasteiger charge is 2.33. The molecule has 1 atom stereocenters. The fourth-order valence-electron chi connectivity index (χ4n) is 1.91. The molecule has 1 heterocycles. The van der Waals surface area contributed by atoms with Crippen molar-refractivity contribution in [3.63, 3.8) is 0 Å². The third-order valence-corrected chi connectivity index (χ3v) is 4.53. The van der Waals surface area contributed by atoms with E-state index in [2.05, 4.69) is 0 Å². The fraction of sp³-hybridized carbons (Fsp3) is 0.400. The maximum atomic E-state index is 11.7. The molecule has 1 unspecified atom stereocenters. The quantitative estimate of drug-likeness (QED) is 0.748. The van der Waals surface area contributed by atoms with Gasteiger partial charge in [0.2, 0.25) is 0 Å². The number of fused-ring (bicyclic) bond motifs is 1. The fourth-order valence-corrected chi connectivity index (χ4v) is 3.79. The highest BCUT2D eigenvalue weighted by molar-refractivity contribution is 7.91. The number of hydrogen-bond donors (Lipinski definition) is 1. The van der Waals surface area contributed by atoms with Crippen molar-refractivity contribution < 1.29 is 8.42 Å². The van der Waals surface area contributed by atoms with Crippen LogP contribution in [0.2, 0.25) is 0 Å². The van der Waals surface area contributed by atoms with Gasteiger partial charge in [0, 0.05) is 12.5 Å². The maximum Gasteiger partial charge on any atom is 0.179 e. The van der Waals surface area contributed by atoms with E-state index in [4.69, 9.17) is 5.73 Å². The van der Waals surface area contributed by atoms with Gasteiger partial charge in [-0.3, -0.25) is 0 Å². The molecule has 76 valence electrons. The number of sulfone groups is 1. The van der Waals surface area contributed by atoms with E-state index in [1.165, 1.54) is 0 Å². The summed E-state index contributed by atoms with van der Waals surface area (Å²) in [5.41, 5.74) is 7.53. The molecule has 0 aliphatic carbocycles. The molecular formula is C10H13NO2S. The van der Waals surface area contributed by atoms with Crippen LogP contribution in [0.4, 0.5) is 0 Å². The summed E-state index contributed by atoms with van der Waals surface area (Å²) in [5.74, 6) is 0.150. The monoisotopic (exact) mass is 211 g/mol. The first-order valence-electron chi connectivity index (χ1n) is 4.58. The first-order chi connectivity index (χ1) is 6.54. The number of rotatable bonds is 1. The van der Waals surface area contributed by atoms with E-state index in [0.717, 1.165) is 11.1 Å². The average Bonchev–Trinajstić information content (AvgIpc) is 2.37. The lowest BCUT2D eigenvalue weighted by Gasteiger charge is -2.05. The Kier molecular flexibility index (Phi) is 2.12. The predicted octanol–water partition coefficient (Wildman–Crippen LogP) is 0.825. The molecule has 1 aliphatic heterocycles. The van der Waals surface area contributed by atoms with E-state index in [1.807, 2.05) is 19.1 Å². The number of aryl methyl sites for hydroxylation is 1. The highest BCUT2D eigenvalue weighted by atomic mass is 32.2. The lowest BCUT2D eigenvalue weighted by molar-refractivity contribution is 0.597. The standard InChI is InChI=1S/C10H13NO2S/c1-7-2-3-10-9(4-7)8(5-11)6-14(10,12)13/h2-4,8H,5-6,11H2,1H3. The molecule has 0 radical (unpaired) electrons. The van der Waals surface area contributed by atoms with E-state index in [9.17, 15) is 8.42 Å². The minimum absolute atomic E-state index is 0.0186. The molecule has 0 aromatic heterocycles. The van der Waals surface area contributed by atoms with Gasteiger partial charge in [-0.2, -0.15) is 0 Å². The Morgan fingerprint density at radius 1 is 1.50 bits per heavy atom. The minimum atomic E-state index is -3.06.